The highest BCUT2D eigenvalue weighted by Gasteiger charge is 2.02. The van der Waals surface area contributed by atoms with Gasteiger partial charge >= 0.3 is 0 Å². The van der Waals surface area contributed by atoms with Gasteiger partial charge in [-0.25, -0.2) is 0 Å². The van der Waals surface area contributed by atoms with Crippen LogP contribution in [-0.2, 0) is 11.3 Å². The van der Waals surface area contributed by atoms with Crippen LogP contribution in [0, 0.1) is 5.92 Å². The van der Waals surface area contributed by atoms with E-state index in [1.165, 1.54) is 0 Å². The summed E-state index contributed by atoms with van der Waals surface area (Å²) >= 11 is 0. The fourth-order valence-electron chi connectivity index (χ4n) is 1.48. The minimum atomic E-state index is 0.0339. The lowest BCUT2D eigenvalue weighted by atomic mass is 10.2. The molecular weight excluding hydrogens is 228 g/mol. The summed E-state index contributed by atoms with van der Waals surface area (Å²) in [6.07, 6.45) is 0. The maximum Gasteiger partial charge on any atom is 0.233 e. The van der Waals surface area contributed by atoms with E-state index in [0.717, 1.165) is 17.9 Å². The number of carbonyl (C=O) groups excluding carboxylic acids is 1. The zero-order valence-corrected chi connectivity index (χ0v) is 11.3. The van der Waals surface area contributed by atoms with Crippen LogP contribution in [0.3, 0.4) is 0 Å². The molecule has 100 valence electrons. The zero-order chi connectivity index (χ0) is 13.4. The normalized spacial score (nSPS) is 10.4. The van der Waals surface area contributed by atoms with Crippen molar-refractivity contribution in [2.24, 2.45) is 5.92 Å². The molecule has 0 heterocycles. The van der Waals surface area contributed by atoms with Crippen molar-refractivity contribution in [2.75, 3.05) is 20.2 Å². The quantitative estimate of drug-likeness (QED) is 0.772. The van der Waals surface area contributed by atoms with E-state index in [1.807, 2.05) is 24.3 Å². The maximum absolute atomic E-state index is 11.5. The molecule has 0 fully saturated rings. The van der Waals surface area contributed by atoms with Crippen LogP contribution >= 0.6 is 0 Å². The molecule has 0 aliphatic rings. The van der Waals surface area contributed by atoms with E-state index in [0.29, 0.717) is 19.0 Å². The molecule has 1 amide bonds. The zero-order valence-electron chi connectivity index (χ0n) is 11.3. The largest absolute Gasteiger partial charge is 0.497 e. The second-order valence-electron chi connectivity index (χ2n) is 4.65. The summed E-state index contributed by atoms with van der Waals surface area (Å²) < 4.78 is 5.14. The monoisotopic (exact) mass is 250 g/mol. The average molecular weight is 250 g/mol. The van der Waals surface area contributed by atoms with Gasteiger partial charge in [0.1, 0.15) is 5.75 Å². The van der Waals surface area contributed by atoms with Gasteiger partial charge in [-0.3, -0.25) is 4.79 Å². The van der Waals surface area contributed by atoms with Crippen LogP contribution < -0.4 is 15.4 Å². The fourth-order valence-corrected chi connectivity index (χ4v) is 1.48. The highest BCUT2D eigenvalue weighted by molar-refractivity contribution is 5.77. The molecule has 0 unspecified atom stereocenters. The second kappa shape index (κ2) is 7.71. The van der Waals surface area contributed by atoms with Crippen LogP contribution in [0.2, 0.25) is 0 Å². The average Bonchev–Trinajstić information content (AvgIpc) is 2.36. The molecule has 1 aromatic carbocycles. The Hall–Kier alpha value is -1.55. The molecule has 0 aliphatic carbocycles. The van der Waals surface area contributed by atoms with Crippen LogP contribution in [-0.4, -0.2) is 26.1 Å². The molecule has 0 spiro atoms. The van der Waals surface area contributed by atoms with Crippen molar-refractivity contribution in [3.63, 3.8) is 0 Å². The lowest BCUT2D eigenvalue weighted by Gasteiger charge is -2.09. The topological polar surface area (TPSA) is 50.4 Å². The first kappa shape index (κ1) is 14.5. The van der Waals surface area contributed by atoms with Gasteiger partial charge in [0.05, 0.1) is 13.7 Å². The maximum atomic E-state index is 11.5. The fraction of sp³-hybridized carbons (Fsp3) is 0.500. The van der Waals surface area contributed by atoms with E-state index < -0.39 is 0 Å². The third-order valence-corrected chi connectivity index (χ3v) is 2.46. The SMILES string of the molecule is COc1cccc(CNCC(=O)NCC(C)C)c1. The lowest BCUT2D eigenvalue weighted by molar-refractivity contribution is -0.120. The molecule has 0 saturated heterocycles. The number of methoxy groups -OCH3 is 1. The van der Waals surface area contributed by atoms with Gasteiger partial charge in [0.25, 0.3) is 0 Å². The molecule has 4 nitrogen and oxygen atoms in total. The molecule has 1 aromatic rings. The predicted octanol–water partition coefficient (Wildman–Crippen LogP) is 1.56. The van der Waals surface area contributed by atoms with E-state index in [-0.39, 0.29) is 5.91 Å². The first-order valence-electron chi connectivity index (χ1n) is 6.22. The number of ether oxygens (including phenoxy) is 1. The summed E-state index contributed by atoms with van der Waals surface area (Å²) in [7, 11) is 1.64. The highest BCUT2D eigenvalue weighted by atomic mass is 16.5. The number of amides is 1. The van der Waals surface area contributed by atoms with Gasteiger partial charge in [-0.2, -0.15) is 0 Å². The summed E-state index contributed by atoms with van der Waals surface area (Å²) in [6, 6.07) is 7.80. The Morgan fingerprint density at radius 3 is 2.83 bits per heavy atom. The molecule has 0 aromatic heterocycles. The smallest absolute Gasteiger partial charge is 0.233 e. The van der Waals surface area contributed by atoms with Crippen molar-refractivity contribution in [2.45, 2.75) is 20.4 Å². The Labute approximate surface area is 109 Å². The first-order chi connectivity index (χ1) is 8.61. The van der Waals surface area contributed by atoms with Gasteiger partial charge in [0, 0.05) is 13.1 Å². The van der Waals surface area contributed by atoms with Crippen LogP contribution in [0.15, 0.2) is 24.3 Å². The lowest BCUT2D eigenvalue weighted by Crippen LogP contribution is -2.35. The van der Waals surface area contributed by atoms with Crippen molar-refractivity contribution in [3.8, 4) is 5.75 Å². The Kier molecular flexibility index (Phi) is 6.22. The van der Waals surface area contributed by atoms with E-state index >= 15 is 0 Å². The number of carbonyl (C=O) groups is 1. The van der Waals surface area contributed by atoms with Crippen molar-refractivity contribution >= 4 is 5.91 Å². The van der Waals surface area contributed by atoms with Gasteiger partial charge in [-0.1, -0.05) is 26.0 Å². The Balaban J connectivity index is 2.26. The van der Waals surface area contributed by atoms with Crippen LogP contribution in [0.5, 0.6) is 5.75 Å². The van der Waals surface area contributed by atoms with E-state index in [2.05, 4.69) is 24.5 Å². The number of hydrogen-bond acceptors (Lipinski definition) is 3. The summed E-state index contributed by atoms with van der Waals surface area (Å²) in [5.41, 5.74) is 1.10. The Morgan fingerprint density at radius 1 is 1.39 bits per heavy atom. The molecule has 0 bridgehead atoms. The Morgan fingerprint density at radius 2 is 2.17 bits per heavy atom. The van der Waals surface area contributed by atoms with Gasteiger partial charge in [-0.15, -0.1) is 0 Å². The highest BCUT2D eigenvalue weighted by Crippen LogP contribution is 2.11. The summed E-state index contributed by atoms with van der Waals surface area (Å²) in [6.45, 7) is 5.86. The third kappa shape index (κ3) is 5.68. The molecule has 0 atom stereocenters. The molecule has 1 rings (SSSR count). The van der Waals surface area contributed by atoms with Crippen molar-refractivity contribution in [1.29, 1.82) is 0 Å². The van der Waals surface area contributed by atoms with Crippen LogP contribution in [0.4, 0.5) is 0 Å². The number of hydrogen-bond donors (Lipinski definition) is 2. The second-order valence-corrected chi connectivity index (χ2v) is 4.65. The molecule has 0 saturated carbocycles. The van der Waals surface area contributed by atoms with Crippen LogP contribution in [0.1, 0.15) is 19.4 Å². The minimum absolute atomic E-state index is 0.0339. The molecule has 0 aliphatic heterocycles. The van der Waals surface area contributed by atoms with Gasteiger partial charge in [0.2, 0.25) is 5.91 Å². The summed E-state index contributed by atoms with van der Waals surface area (Å²) in [5.74, 6) is 1.34. The van der Waals surface area contributed by atoms with Crippen molar-refractivity contribution < 1.29 is 9.53 Å². The minimum Gasteiger partial charge on any atom is -0.497 e. The molecule has 18 heavy (non-hydrogen) atoms. The molecule has 0 radical (unpaired) electrons. The van der Waals surface area contributed by atoms with Gasteiger partial charge in [-0.05, 0) is 23.6 Å². The summed E-state index contributed by atoms with van der Waals surface area (Å²) in [5, 5.41) is 5.97. The summed E-state index contributed by atoms with van der Waals surface area (Å²) in [4.78, 5) is 11.5. The van der Waals surface area contributed by atoms with E-state index in [1.54, 1.807) is 7.11 Å². The van der Waals surface area contributed by atoms with Crippen molar-refractivity contribution in [1.82, 2.24) is 10.6 Å². The molecule has 4 heteroatoms. The number of rotatable bonds is 7. The van der Waals surface area contributed by atoms with Gasteiger partial charge in [0.15, 0.2) is 0 Å². The molecule has 2 N–H and O–H groups in total. The molecular formula is C14H22N2O2. The number of benzene rings is 1. The third-order valence-electron chi connectivity index (χ3n) is 2.46. The Bertz CT molecular complexity index is 378. The standard InChI is InChI=1S/C14H22N2O2/c1-11(2)8-16-14(17)10-15-9-12-5-4-6-13(7-12)18-3/h4-7,11,15H,8-10H2,1-3H3,(H,16,17). The van der Waals surface area contributed by atoms with E-state index in [9.17, 15) is 4.79 Å². The van der Waals surface area contributed by atoms with E-state index in [4.69, 9.17) is 4.74 Å². The predicted molar refractivity (Wildman–Crippen MR) is 72.5 cm³/mol. The number of nitrogens with one attached hydrogen (secondary N) is 2. The van der Waals surface area contributed by atoms with Crippen LogP contribution in [0.25, 0.3) is 0 Å². The van der Waals surface area contributed by atoms with Crippen molar-refractivity contribution in [3.05, 3.63) is 29.8 Å². The van der Waals surface area contributed by atoms with Gasteiger partial charge < -0.3 is 15.4 Å². The first-order valence-corrected chi connectivity index (χ1v) is 6.22.